The van der Waals surface area contributed by atoms with E-state index in [1.54, 1.807) is 43.5 Å². The van der Waals surface area contributed by atoms with E-state index in [-0.39, 0.29) is 17.7 Å². The number of halogens is 5. The lowest BCUT2D eigenvalue weighted by atomic mass is 9.84. The minimum Gasteiger partial charge on any atom is -0.399 e. The Morgan fingerprint density at radius 3 is 2.12 bits per heavy atom. The average Bonchev–Trinajstić information content (AvgIpc) is 2.97. The summed E-state index contributed by atoms with van der Waals surface area (Å²) in [4.78, 5) is 4.46. The molecule has 0 spiro atoms. The van der Waals surface area contributed by atoms with Crippen molar-refractivity contribution in [3.8, 4) is 0 Å². The summed E-state index contributed by atoms with van der Waals surface area (Å²) >= 11 is 0. The quantitative estimate of drug-likeness (QED) is 0.0862. The van der Waals surface area contributed by atoms with Gasteiger partial charge in [0, 0.05) is 30.0 Å². The molecule has 1 unspecified atom stereocenters. The van der Waals surface area contributed by atoms with E-state index >= 15 is 0 Å². The summed E-state index contributed by atoms with van der Waals surface area (Å²) in [6.07, 6.45) is 3.23. The highest BCUT2D eigenvalue weighted by atomic mass is 19.3. The molecule has 4 N–H and O–H groups in total. The topological polar surface area (TPSA) is 64.4 Å². The van der Waals surface area contributed by atoms with Gasteiger partial charge in [0.05, 0.1) is 19.3 Å². The summed E-state index contributed by atoms with van der Waals surface area (Å²) in [5.41, 5.74) is 14.7. The largest absolute Gasteiger partial charge is 0.399 e. The van der Waals surface area contributed by atoms with Gasteiger partial charge in [-0.1, -0.05) is 73.3 Å². The van der Waals surface area contributed by atoms with Crippen LogP contribution in [-0.2, 0) is 17.9 Å². The minimum absolute atomic E-state index is 0.00231. The number of nitrogen functional groups attached to an aromatic ring is 1. The van der Waals surface area contributed by atoms with Gasteiger partial charge in [0.2, 0.25) is 0 Å². The van der Waals surface area contributed by atoms with E-state index in [0.717, 1.165) is 18.1 Å². The summed E-state index contributed by atoms with van der Waals surface area (Å²) in [6.45, 7) is 14.4. The van der Waals surface area contributed by atoms with Crippen LogP contribution < -0.4 is 11.5 Å². The maximum absolute atomic E-state index is 13.1. The number of hydrogen-bond donors (Lipinski definition) is 2. The molecule has 3 aromatic carbocycles. The van der Waals surface area contributed by atoms with E-state index < -0.39 is 17.9 Å². The Bertz CT molecular complexity index is 1270. The third-order valence-corrected chi connectivity index (χ3v) is 5.86. The van der Waals surface area contributed by atoms with E-state index in [1.165, 1.54) is 18.2 Å². The number of alkyl halides is 5. The molecule has 0 heterocycles. The molecule has 3 nitrogen and oxygen atoms in total. The molecule has 42 heavy (non-hydrogen) atoms. The van der Waals surface area contributed by atoms with E-state index in [4.69, 9.17) is 11.5 Å². The van der Waals surface area contributed by atoms with Gasteiger partial charge in [-0.05, 0) is 60.7 Å². The average molecular weight is 588 g/mol. The monoisotopic (exact) mass is 587 g/mol. The van der Waals surface area contributed by atoms with Gasteiger partial charge in [-0.15, -0.1) is 13.2 Å². The van der Waals surface area contributed by atoms with Crippen molar-refractivity contribution in [3.63, 3.8) is 0 Å². The molecular weight excluding hydrogens is 545 g/mol. The molecule has 0 bridgehead atoms. The van der Waals surface area contributed by atoms with Crippen molar-refractivity contribution >= 4 is 11.9 Å². The fourth-order valence-electron chi connectivity index (χ4n) is 3.89. The highest BCUT2D eigenvalue weighted by Gasteiger charge is 2.28. The third kappa shape index (κ3) is 13.1. The van der Waals surface area contributed by atoms with Crippen molar-refractivity contribution in [2.45, 2.75) is 45.1 Å². The molecule has 3 aromatic rings. The van der Waals surface area contributed by atoms with Crippen molar-refractivity contribution < 1.29 is 22.0 Å². The van der Waals surface area contributed by atoms with Gasteiger partial charge in [-0.3, -0.25) is 9.38 Å². The summed E-state index contributed by atoms with van der Waals surface area (Å²) < 4.78 is 61.4. The van der Waals surface area contributed by atoms with Crippen molar-refractivity contribution in [1.82, 2.24) is 0 Å². The first-order valence-corrected chi connectivity index (χ1v) is 13.0. The van der Waals surface area contributed by atoms with Gasteiger partial charge in [-0.25, -0.2) is 17.6 Å². The van der Waals surface area contributed by atoms with Crippen LogP contribution in [0.3, 0.4) is 0 Å². The van der Waals surface area contributed by atoms with Crippen LogP contribution in [0.25, 0.3) is 0 Å². The summed E-state index contributed by atoms with van der Waals surface area (Å²) in [6, 6.07) is 20.6. The maximum Gasteiger partial charge on any atom is 0.270 e. The summed E-state index contributed by atoms with van der Waals surface area (Å²) in [7, 11) is 0.500. The first-order chi connectivity index (χ1) is 19.9. The van der Waals surface area contributed by atoms with Crippen LogP contribution in [-0.4, -0.2) is 19.9 Å². The molecule has 3 rings (SSSR count). The molecule has 0 radical (unpaired) electrons. The van der Waals surface area contributed by atoms with Crippen molar-refractivity contribution in [1.29, 1.82) is 0 Å². The SMILES string of the molecule is C=C.C=C/C=C(/C)C=NCC(N)(Cc1ccccc1)c1cccc(C(F)F)c1.CF.Cc1ccc(N)cc1C(C)(F)F. The first kappa shape index (κ1) is 38.0. The smallest absolute Gasteiger partial charge is 0.270 e. The Morgan fingerprint density at radius 1 is 0.976 bits per heavy atom. The van der Waals surface area contributed by atoms with Gasteiger partial charge in [0.1, 0.15) is 0 Å². The van der Waals surface area contributed by atoms with E-state index in [2.05, 4.69) is 24.7 Å². The predicted molar refractivity (Wildman–Crippen MR) is 168 cm³/mol. The van der Waals surface area contributed by atoms with Crippen molar-refractivity contribution in [3.05, 3.63) is 138 Å². The lowest BCUT2D eigenvalue weighted by Gasteiger charge is -2.29. The van der Waals surface area contributed by atoms with Crippen LogP contribution in [0, 0.1) is 6.92 Å². The lowest BCUT2D eigenvalue weighted by molar-refractivity contribution is 0.0169. The summed E-state index contributed by atoms with van der Waals surface area (Å²) in [5.74, 6) is -2.81. The van der Waals surface area contributed by atoms with Crippen LogP contribution in [0.1, 0.15) is 48.1 Å². The number of rotatable bonds is 9. The maximum atomic E-state index is 13.1. The van der Waals surface area contributed by atoms with Crippen LogP contribution >= 0.6 is 0 Å². The van der Waals surface area contributed by atoms with E-state index in [9.17, 15) is 22.0 Å². The van der Waals surface area contributed by atoms with Gasteiger partial charge >= 0.3 is 0 Å². The Hall–Kier alpha value is -4.04. The number of aliphatic imine (C=N–C) groups is 1. The Balaban J connectivity index is 0.000000876. The molecule has 0 saturated carbocycles. The predicted octanol–water partition coefficient (Wildman–Crippen LogP) is 9.30. The second-order valence-electron chi connectivity index (χ2n) is 9.32. The van der Waals surface area contributed by atoms with Gasteiger partial charge < -0.3 is 11.5 Å². The minimum atomic E-state index is -2.81. The molecular formula is C34H42F5N3. The summed E-state index contributed by atoms with van der Waals surface area (Å²) in [5, 5.41) is 0. The first-order valence-electron chi connectivity index (χ1n) is 13.0. The molecule has 1 atom stereocenters. The fraction of sp³-hybridized carbons (Fsp3) is 0.265. The normalized spacial score (nSPS) is 12.6. The number of benzene rings is 3. The molecule has 8 heteroatoms. The van der Waals surface area contributed by atoms with E-state index in [0.29, 0.717) is 30.4 Å². The van der Waals surface area contributed by atoms with Gasteiger partial charge in [0.25, 0.3) is 12.3 Å². The third-order valence-electron chi connectivity index (χ3n) is 5.86. The van der Waals surface area contributed by atoms with Crippen LogP contribution in [0.15, 0.2) is 115 Å². The standard InChI is InChI=1S/C22H24F2N2.C9H11F2N.C2H4.CH3F/c1-3-8-17(2)15-26-16-22(25,14-18-9-5-4-6-10-18)20-12-7-11-19(13-20)21(23)24;1-6-3-4-7(12)5-8(6)9(2,10)11;2*1-2/h3-13,15,21H,1,14,16,25H2,2H3;3-5H,12H2,1-2H3;1-2H2;1H3/b17-8-,26-15?;;;. The zero-order chi connectivity index (χ0) is 32.3. The zero-order valence-electron chi connectivity index (χ0n) is 24.8. The molecule has 0 saturated heterocycles. The number of anilines is 1. The van der Waals surface area contributed by atoms with Crippen molar-refractivity contribution in [2.75, 3.05) is 19.5 Å². The zero-order valence-corrected chi connectivity index (χ0v) is 24.8. The fourth-order valence-corrected chi connectivity index (χ4v) is 3.89. The molecule has 0 aliphatic rings. The number of nitrogens with zero attached hydrogens (tertiary/aromatic N) is 1. The molecule has 0 amide bonds. The Morgan fingerprint density at radius 2 is 1.60 bits per heavy atom. The number of aryl methyl sites for hydroxylation is 1. The van der Waals surface area contributed by atoms with Crippen LogP contribution in [0.5, 0.6) is 0 Å². The Kier molecular flexibility index (Phi) is 17.3. The van der Waals surface area contributed by atoms with E-state index in [1.807, 2.05) is 43.3 Å². The molecule has 0 aliphatic heterocycles. The molecule has 0 aromatic heterocycles. The van der Waals surface area contributed by atoms with Crippen molar-refractivity contribution in [2.24, 2.45) is 10.7 Å². The molecule has 0 fully saturated rings. The second-order valence-corrected chi connectivity index (χ2v) is 9.32. The van der Waals surface area contributed by atoms with Gasteiger partial charge in [-0.2, -0.15) is 0 Å². The second kappa shape index (κ2) is 19.1. The highest BCUT2D eigenvalue weighted by Crippen LogP contribution is 2.31. The number of nitrogens with two attached hydrogens (primary N) is 2. The lowest BCUT2D eigenvalue weighted by Crippen LogP contribution is -2.42. The Labute approximate surface area is 247 Å². The van der Waals surface area contributed by atoms with Crippen LogP contribution in [0.2, 0.25) is 0 Å². The molecule has 0 aliphatic carbocycles. The van der Waals surface area contributed by atoms with Gasteiger partial charge in [0.15, 0.2) is 0 Å². The van der Waals surface area contributed by atoms with Crippen LogP contribution in [0.4, 0.5) is 27.6 Å². The highest BCUT2D eigenvalue weighted by molar-refractivity contribution is 5.78. The number of hydrogen-bond acceptors (Lipinski definition) is 3. The molecule has 228 valence electrons. The number of allylic oxidation sites excluding steroid dienone is 3.